The highest BCUT2D eigenvalue weighted by atomic mass is 19.1. The summed E-state index contributed by atoms with van der Waals surface area (Å²) in [5, 5.41) is 2.07. The molecule has 2 fully saturated rings. The number of hydrogen-bond acceptors (Lipinski definition) is 2. The Hall–Kier alpha value is -3.21. The summed E-state index contributed by atoms with van der Waals surface area (Å²) in [4.78, 5) is 28.4. The molecule has 0 radical (unpaired) electrons. The van der Waals surface area contributed by atoms with Crippen molar-refractivity contribution in [3.63, 3.8) is 0 Å². The molecule has 0 amide bonds. The van der Waals surface area contributed by atoms with Crippen LogP contribution >= 0.6 is 0 Å². The number of unbranched alkanes of at least 4 members (excludes halogenated alkanes) is 4. The Kier molecular flexibility index (Phi) is 8.63. The number of aromatic nitrogens is 2. The van der Waals surface area contributed by atoms with Crippen molar-refractivity contribution in [1.82, 2.24) is 9.13 Å². The third-order valence-electron chi connectivity index (χ3n) is 13.2. The number of nitrogens with zero attached hydrogens (tertiary/aromatic N) is 2. The van der Waals surface area contributed by atoms with Crippen molar-refractivity contribution in [2.75, 3.05) is 6.67 Å². The number of para-hydroxylation sites is 1. The molecule has 0 spiro atoms. The highest BCUT2D eigenvalue weighted by Crippen LogP contribution is 2.71. The zero-order chi connectivity index (χ0) is 33.9. The molecule has 2 atom stereocenters. The molecule has 2 heterocycles. The van der Waals surface area contributed by atoms with Gasteiger partial charge in [-0.25, -0.2) is 0 Å². The number of alkyl halides is 1. The van der Waals surface area contributed by atoms with E-state index in [9.17, 15) is 14.0 Å². The van der Waals surface area contributed by atoms with Crippen LogP contribution in [0.4, 0.5) is 4.39 Å². The van der Waals surface area contributed by atoms with Crippen LogP contribution in [0.3, 0.4) is 0 Å². The predicted octanol–water partition coefficient (Wildman–Crippen LogP) is 10.9. The smallest absolute Gasteiger partial charge is 0.169 e. The normalized spacial score (nSPS) is 22.6. The monoisotopic (exact) mass is 638 g/mol. The van der Waals surface area contributed by atoms with Crippen LogP contribution in [0.25, 0.3) is 21.8 Å². The molecule has 6 rings (SSSR count). The number of carbonyl (C=O) groups excluding carboxylic acids is 2. The molecule has 0 bridgehead atoms. The second-order valence-corrected chi connectivity index (χ2v) is 16.7. The van der Waals surface area contributed by atoms with Gasteiger partial charge in [0.15, 0.2) is 11.6 Å². The summed E-state index contributed by atoms with van der Waals surface area (Å²) in [6.07, 6.45) is 10.7. The lowest BCUT2D eigenvalue weighted by Crippen LogP contribution is -2.11. The third-order valence-corrected chi connectivity index (χ3v) is 13.2. The maximum absolute atomic E-state index is 14.4. The number of Topliss-reactive ketones (excluding diaryl/α,β-unsaturated/α-hetero) is 2. The van der Waals surface area contributed by atoms with Crippen LogP contribution in [0, 0.1) is 33.5 Å². The number of benzene rings is 2. The van der Waals surface area contributed by atoms with E-state index in [1.165, 1.54) is 18.4 Å². The molecule has 4 aromatic rings. The van der Waals surface area contributed by atoms with Crippen LogP contribution in [0.2, 0.25) is 0 Å². The number of carbonyl (C=O) groups is 2. The quantitative estimate of drug-likeness (QED) is 0.0960. The lowest BCUT2D eigenvalue weighted by molar-refractivity contribution is 0.0937. The first kappa shape index (κ1) is 33.7. The highest BCUT2D eigenvalue weighted by Gasteiger charge is 2.70. The molecule has 4 nitrogen and oxygen atoms in total. The molecule has 5 heteroatoms. The summed E-state index contributed by atoms with van der Waals surface area (Å²) < 4.78 is 17.4. The SMILES string of the molecule is CCCCCn1cc(C(=O)C2C(C)(C)C2(C)Cc2ccc3c(C(=O)C4C(C)(C)C4(C)C)cn(CCCCCF)c3c2)c2ccccc21. The van der Waals surface area contributed by atoms with Gasteiger partial charge in [-0.05, 0) is 71.5 Å². The lowest BCUT2D eigenvalue weighted by atomic mass is 9.89. The molecule has 2 unspecified atom stereocenters. The second-order valence-electron chi connectivity index (χ2n) is 16.7. The zero-order valence-corrected chi connectivity index (χ0v) is 30.0. The summed E-state index contributed by atoms with van der Waals surface area (Å²) in [7, 11) is 0. The Morgan fingerprint density at radius 1 is 0.681 bits per heavy atom. The number of fused-ring (bicyclic) bond motifs is 2. The molecule has 252 valence electrons. The average Bonchev–Trinajstić information content (AvgIpc) is 3.40. The Labute approximate surface area is 281 Å². The van der Waals surface area contributed by atoms with Crippen molar-refractivity contribution >= 4 is 33.4 Å². The average molecular weight is 639 g/mol. The van der Waals surface area contributed by atoms with Gasteiger partial charge in [-0.2, -0.15) is 0 Å². The minimum Gasteiger partial charge on any atom is -0.347 e. The van der Waals surface area contributed by atoms with Gasteiger partial charge in [0, 0.05) is 70.3 Å². The molecule has 2 saturated carbocycles. The van der Waals surface area contributed by atoms with Crippen LogP contribution in [0.15, 0.2) is 54.9 Å². The fourth-order valence-electron chi connectivity index (χ4n) is 9.15. The fourth-order valence-corrected chi connectivity index (χ4v) is 9.15. The van der Waals surface area contributed by atoms with Gasteiger partial charge in [0.1, 0.15) is 0 Å². The maximum Gasteiger partial charge on any atom is 0.169 e. The van der Waals surface area contributed by atoms with Gasteiger partial charge >= 0.3 is 0 Å². The standard InChI is InChI=1S/C42H55FN2O2/c1-9-10-15-22-44-26-31(29-17-12-13-18-33(29)44)36(47)38-41(6,7)42(38,8)25-28-19-20-30-32(35(46)37-39(2,3)40(37,4)5)27-45(34(30)24-28)23-16-11-14-21-43/h12-13,17-20,24,26-27,37-38H,9-11,14-16,21-23,25H2,1-8H3. The van der Waals surface area contributed by atoms with Crippen LogP contribution in [-0.4, -0.2) is 27.4 Å². The highest BCUT2D eigenvalue weighted by molar-refractivity contribution is 6.12. The van der Waals surface area contributed by atoms with Gasteiger partial charge in [-0.3, -0.25) is 14.0 Å². The Morgan fingerprint density at radius 3 is 1.87 bits per heavy atom. The number of halogens is 1. The van der Waals surface area contributed by atoms with Crippen LogP contribution < -0.4 is 0 Å². The molecule has 0 aliphatic heterocycles. The van der Waals surface area contributed by atoms with Gasteiger partial charge in [0.2, 0.25) is 0 Å². The molecular weight excluding hydrogens is 583 g/mol. The molecule has 2 aliphatic carbocycles. The van der Waals surface area contributed by atoms with E-state index < -0.39 is 0 Å². The summed E-state index contributed by atoms with van der Waals surface area (Å²) in [6.45, 7) is 19.2. The zero-order valence-electron chi connectivity index (χ0n) is 30.0. The summed E-state index contributed by atoms with van der Waals surface area (Å²) in [5.41, 5.74) is 4.66. The Morgan fingerprint density at radius 2 is 1.26 bits per heavy atom. The van der Waals surface area contributed by atoms with E-state index in [1.807, 2.05) is 6.07 Å². The number of hydrogen-bond donors (Lipinski definition) is 0. The summed E-state index contributed by atoms with van der Waals surface area (Å²) >= 11 is 0. The van der Waals surface area contributed by atoms with Crippen molar-refractivity contribution < 1.29 is 14.0 Å². The van der Waals surface area contributed by atoms with Crippen LogP contribution in [0.5, 0.6) is 0 Å². The van der Waals surface area contributed by atoms with Crippen LogP contribution in [0.1, 0.15) is 120 Å². The van der Waals surface area contributed by atoms with Gasteiger partial charge in [0.05, 0.1) is 6.67 Å². The van der Waals surface area contributed by atoms with E-state index in [2.05, 4.69) is 113 Å². The minimum absolute atomic E-state index is 0.00389. The van der Waals surface area contributed by atoms with Crippen molar-refractivity contribution in [1.29, 1.82) is 0 Å². The summed E-state index contributed by atoms with van der Waals surface area (Å²) in [6, 6.07) is 14.9. The molecule has 0 saturated heterocycles. The van der Waals surface area contributed by atoms with E-state index in [4.69, 9.17) is 0 Å². The van der Waals surface area contributed by atoms with Gasteiger partial charge < -0.3 is 9.13 Å². The maximum atomic E-state index is 14.4. The lowest BCUT2D eigenvalue weighted by Gasteiger charge is -2.15. The summed E-state index contributed by atoms with van der Waals surface area (Å²) in [5.74, 6) is 0.401. The van der Waals surface area contributed by atoms with Gasteiger partial charge in [-0.15, -0.1) is 0 Å². The van der Waals surface area contributed by atoms with Gasteiger partial charge in [-0.1, -0.05) is 98.6 Å². The van der Waals surface area contributed by atoms with E-state index in [0.29, 0.717) is 6.42 Å². The molecule has 2 aliphatic rings. The number of rotatable bonds is 15. The van der Waals surface area contributed by atoms with Crippen LogP contribution in [-0.2, 0) is 19.5 Å². The second kappa shape index (κ2) is 12.0. The topological polar surface area (TPSA) is 44.0 Å². The van der Waals surface area contributed by atoms with E-state index in [0.717, 1.165) is 71.7 Å². The largest absolute Gasteiger partial charge is 0.347 e. The minimum atomic E-state index is -0.292. The van der Waals surface area contributed by atoms with Crippen molar-refractivity contribution in [2.45, 2.75) is 113 Å². The number of aryl methyl sites for hydroxylation is 2. The molecule has 2 aromatic heterocycles. The molecule has 47 heavy (non-hydrogen) atoms. The fraction of sp³-hybridized carbons (Fsp3) is 0.571. The molecular formula is C42H55FN2O2. The molecule has 2 aromatic carbocycles. The third kappa shape index (κ3) is 5.40. The first-order chi connectivity index (χ1) is 22.2. The number of ketones is 2. The first-order valence-electron chi connectivity index (χ1n) is 18.1. The Balaban J connectivity index is 1.30. The Bertz CT molecular complexity index is 1810. The van der Waals surface area contributed by atoms with Gasteiger partial charge in [0.25, 0.3) is 0 Å². The van der Waals surface area contributed by atoms with Crippen molar-refractivity contribution in [2.24, 2.45) is 33.5 Å². The van der Waals surface area contributed by atoms with E-state index in [-0.39, 0.29) is 51.7 Å². The predicted molar refractivity (Wildman–Crippen MR) is 192 cm³/mol. The first-order valence-corrected chi connectivity index (χ1v) is 18.1. The molecule has 0 N–H and O–H groups in total. The van der Waals surface area contributed by atoms with Crippen molar-refractivity contribution in [3.05, 3.63) is 71.5 Å². The van der Waals surface area contributed by atoms with E-state index in [1.54, 1.807) is 0 Å². The van der Waals surface area contributed by atoms with Crippen molar-refractivity contribution in [3.8, 4) is 0 Å². The van der Waals surface area contributed by atoms with E-state index >= 15 is 0 Å².